The van der Waals surface area contributed by atoms with Gasteiger partial charge in [0.05, 0.1) is 12.3 Å². The number of rotatable bonds is 5. The number of methoxy groups -OCH3 is 1. The van der Waals surface area contributed by atoms with Crippen LogP contribution in [0.5, 0.6) is 5.75 Å². The lowest BCUT2D eigenvalue weighted by Crippen LogP contribution is -2.05. The molecule has 0 fully saturated rings. The molecule has 0 amide bonds. The first-order chi connectivity index (χ1) is 10.3. The first-order valence-corrected chi connectivity index (χ1v) is 6.37. The largest absolute Gasteiger partial charge is 0.488 e. The maximum atomic E-state index is 14.0. The molecule has 0 spiro atoms. The molecule has 1 aromatic carbocycles. The first kappa shape index (κ1) is 13.4. The van der Waals surface area contributed by atoms with Gasteiger partial charge in [0.25, 0.3) is 0 Å². The Hall–Kier alpha value is -2.54. The monoisotopic (exact) mass is 288 g/mol. The average molecular weight is 288 g/mol. The average Bonchev–Trinajstić information content (AvgIpc) is 2.96. The molecule has 0 saturated carbocycles. The second kappa shape index (κ2) is 5.84. The van der Waals surface area contributed by atoms with Crippen LogP contribution in [0.25, 0.3) is 22.4 Å². The van der Waals surface area contributed by atoms with Gasteiger partial charge in [-0.05, 0) is 30.3 Å². The predicted octanol–water partition coefficient (Wildman–Crippen LogP) is 2.18. The Labute approximate surface area is 119 Å². The summed E-state index contributed by atoms with van der Waals surface area (Å²) in [4.78, 5) is 4.32. The maximum absolute atomic E-state index is 14.0. The van der Waals surface area contributed by atoms with Crippen molar-refractivity contribution in [1.82, 2.24) is 20.4 Å². The summed E-state index contributed by atoms with van der Waals surface area (Å²) < 4.78 is 24.1. The molecule has 0 bridgehead atoms. The van der Waals surface area contributed by atoms with E-state index in [0.717, 1.165) is 0 Å². The van der Waals surface area contributed by atoms with Gasteiger partial charge in [0.15, 0.2) is 11.6 Å². The van der Waals surface area contributed by atoms with E-state index in [-0.39, 0.29) is 5.75 Å². The number of hydrogen-bond acceptors (Lipinski definition) is 5. The Kier molecular flexibility index (Phi) is 3.74. The summed E-state index contributed by atoms with van der Waals surface area (Å²) in [5.41, 5.74) is 2.43. The van der Waals surface area contributed by atoms with Crippen LogP contribution in [0.4, 0.5) is 4.39 Å². The van der Waals surface area contributed by atoms with Crippen LogP contribution in [0.3, 0.4) is 0 Å². The fraction of sp³-hybridized carbons (Fsp3) is 0.214. The van der Waals surface area contributed by atoms with Gasteiger partial charge in [-0.25, -0.2) is 9.37 Å². The molecule has 0 aliphatic heterocycles. The lowest BCUT2D eigenvalue weighted by Gasteiger charge is -2.08. The minimum absolute atomic E-state index is 0.193. The van der Waals surface area contributed by atoms with Crippen molar-refractivity contribution in [2.24, 2.45) is 0 Å². The van der Waals surface area contributed by atoms with Gasteiger partial charge in [-0.1, -0.05) is 0 Å². The Morgan fingerprint density at radius 1 is 1.14 bits per heavy atom. The number of fused-ring (bicyclic) bond motifs is 1. The van der Waals surface area contributed by atoms with Crippen LogP contribution in [0.15, 0.2) is 30.3 Å². The Morgan fingerprint density at radius 3 is 2.86 bits per heavy atom. The minimum Gasteiger partial charge on any atom is -0.488 e. The summed E-state index contributed by atoms with van der Waals surface area (Å²) in [5, 5.41) is 10.3. The van der Waals surface area contributed by atoms with E-state index in [9.17, 15) is 4.39 Å². The van der Waals surface area contributed by atoms with Gasteiger partial charge in [0.1, 0.15) is 12.1 Å². The minimum atomic E-state index is -0.439. The number of nitrogens with one attached hydrogen (secondary N) is 1. The molecule has 0 atom stereocenters. The van der Waals surface area contributed by atoms with Crippen molar-refractivity contribution >= 4 is 11.2 Å². The number of halogens is 1. The second-order valence-electron chi connectivity index (χ2n) is 4.35. The highest BCUT2D eigenvalue weighted by molar-refractivity contribution is 5.74. The van der Waals surface area contributed by atoms with Crippen LogP contribution < -0.4 is 4.74 Å². The van der Waals surface area contributed by atoms with Crippen LogP contribution in [0.2, 0.25) is 0 Å². The van der Waals surface area contributed by atoms with E-state index in [2.05, 4.69) is 20.4 Å². The van der Waals surface area contributed by atoms with E-state index >= 15 is 0 Å². The molecule has 3 aromatic rings. The second-order valence-corrected chi connectivity index (χ2v) is 4.35. The van der Waals surface area contributed by atoms with Gasteiger partial charge in [-0.2, -0.15) is 10.3 Å². The third-order valence-electron chi connectivity index (χ3n) is 2.95. The van der Waals surface area contributed by atoms with E-state index in [4.69, 9.17) is 9.47 Å². The fourth-order valence-electron chi connectivity index (χ4n) is 1.91. The van der Waals surface area contributed by atoms with Crippen molar-refractivity contribution in [1.29, 1.82) is 0 Å². The number of nitrogens with zero attached hydrogens (tertiary/aromatic N) is 3. The van der Waals surface area contributed by atoms with E-state index in [1.807, 2.05) is 0 Å². The molecule has 2 heterocycles. The van der Waals surface area contributed by atoms with Gasteiger partial charge >= 0.3 is 0 Å². The van der Waals surface area contributed by atoms with Crippen molar-refractivity contribution in [3.05, 3.63) is 36.1 Å². The number of H-pyrrole nitrogens is 1. The smallest absolute Gasteiger partial charge is 0.202 e. The third-order valence-corrected chi connectivity index (χ3v) is 2.95. The van der Waals surface area contributed by atoms with E-state index in [1.165, 1.54) is 6.07 Å². The summed E-state index contributed by atoms with van der Waals surface area (Å²) in [6.07, 6.45) is 0. The van der Waals surface area contributed by atoms with Crippen LogP contribution in [-0.4, -0.2) is 40.7 Å². The van der Waals surface area contributed by atoms with Crippen LogP contribution in [0, 0.1) is 5.82 Å². The molecule has 3 rings (SSSR count). The van der Waals surface area contributed by atoms with Gasteiger partial charge < -0.3 is 9.47 Å². The molecule has 2 aromatic heterocycles. The number of benzene rings is 1. The van der Waals surface area contributed by atoms with Gasteiger partial charge in [0.2, 0.25) is 5.65 Å². The zero-order valence-corrected chi connectivity index (χ0v) is 11.3. The lowest BCUT2D eigenvalue weighted by molar-refractivity contribution is 0.144. The molecule has 21 heavy (non-hydrogen) atoms. The van der Waals surface area contributed by atoms with Crippen molar-refractivity contribution in [2.75, 3.05) is 20.3 Å². The highest BCUT2D eigenvalue weighted by Gasteiger charge is 2.09. The van der Waals surface area contributed by atoms with Gasteiger partial charge in [-0.15, -0.1) is 5.10 Å². The zero-order valence-electron chi connectivity index (χ0n) is 11.3. The number of hydrogen-bond donors (Lipinski definition) is 1. The van der Waals surface area contributed by atoms with Crippen molar-refractivity contribution in [3.8, 4) is 17.0 Å². The summed E-state index contributed by atoms with van der Waals surface area (Å²) >= 11 is 0. The van der Waals surface area contributed by atoms with Gasteiger partial charge in [0, 0.05) is 12.7 Å². The lowest BCUT2D eigenvalue weighted by atomic mass is 10.1. The molecular weight excluding hydrogens is 275 g/mol. The summed E-state index contributed by atoms with van der Waals surface area (Å²) in [7, 11) is 1.56. The molecular formula is C14H13FN4O2. The molecule has 0 aliphatic carbocycles. The highest BCUT2D eigenvalue weighted by Crippen LogP contribution is 2.25. The van der Waals surface area contributed by atoms with Gasteiger partial charge in [-0.3, -0.25) is 0 Å². The molecule has 1 N–H and O–H groups in total. The topological polar surface area (TPSA) is 72.9 Å². The van der Waals surface area contributed by atoms with Crippen molar-refractivity contribution < 1.29 is 13.9 Å². The number of ether oxygens (including phenoxy) is 2. The Balaban J connectivity index is 1.86. The fourth-order valence-corrected chi connectivity index (χ4v) is 1.91. The third kappa shape index (κ3) is 2.82. The number of aromatic nitrogens is 4. The van der Waals surface area contributed by atoms with Crippen LogP contribution in [0.1, 0.15) is 0 Å². The van der Waals surface area contributed by atoms with Crippen LogP contribution >= 0.6 is 0 Å². The molecule has 0 unspecified atom stereocenters. The normalized spacial score (nSPS) is 11.0. The van der Waals surface area contributed by atoms with Crippen LogP contribution in [-0.2, 0) is 4.74 Å². The number of pyridine rings is 1. The first-order valence-electron chi connectivity index (χ1n) is 6.37. The molecule has 0 aliphatic rings. The maximum Gasteiger partial charge on any atom is 0.202 e. The highest BCUT2D eigenvalue weighted by atomic mass is 19.1. The molecule has 108 valence electrons. The molecule has 6 nitrogen and oxygen atoms in total. The summed E-state index contributed by atoms with van der Waals surface area (Å²) in [6, 6.07) is 8.26. The van der Waals surface area contributed by atoms with E-state index < -0.39 is 5.82 Å². The van der Waals surface area contributed by atoms with E-state index in [1.54, 1.807) is 31.4 Å². The van der Waals surface area contributed by atoms with Crippen molar-refractivity contribution in [3.63, 3.8) is 0 Å². The number of aromatic amines is 1. The summed E-state index contributed by atoms with van der Waals surface area (Å²) in [6.45, 7) is 0.710. The molecule has 0 radical (unpaired) electrons. The zero-order chi connectivity index (χ0) is 14.7. The Bertz CT molecular complexity index is 760. The summed E-state index contributed by atoms with van der Waals surface area (Å²) in [5.74, 6) is -0.246. The van der Waals surface area contributed by atoms with E-state index in [0.29, 0.717) is 35.6 Å². The standard InChI is InChI=1S/C14H13FN4O2/c1-20-6-7-21-13-5-2-9(8-10(13)15)11-3-4-12-14(16-11)18-19-17-12/h2-5,8H,6-7H2,1H3,(H,16,17,18,19). The van der Waals surface area contributed by atoms with Crippen molar-refractivity contribution in [2.45, 2.75) is 0 Å². The molecule has 0 saturated heterocycles. The predicted molar refractivity (Wildman–Crippen MR) is 74.4 cm³/mol. The molecule has 7 heteroatoms. The SMILES string of the molecule is COCCOc1ccc(-c2ccc3n[nH]nc3n2)cc1F. The quantitative estimate of drug-likeness (QED) is 0.728. The Morgan fingerprint density at radius 2 is 2.05 bits per heavy atom.